The van der Waals surface area contributed by atoms with Crippen LogP contribution in [0.1, 0.15) is 5.82 Å². The molecule has 62 valence electrons. The second-order valence-corrected chi connectivity index (χ2v) is 2.90. The lowest BCUT2D eigenvalue weighted by Gasteiger charge is -1.94. The van der Waals surface area contributed by atoms with E-state index in [2.05, 4.69) is 10.1 Å². The molecule has 2 aromatic rings. The van der Waals surface area contributed by atoms with Gasteiger partial charge in [0, 0.05) is 6.20 Å². The van der Waals surface area contributed by atoms with Gasteiger partial charge in [0.2, 0.25) is 0 Å². The topological polar surface area (TPSA) is 50.2 Å². The maximum atomic E-state index is 11.3. The molecule has 0 fully saturated rings. The van der Waals surface area contributed by atoms with Crippen molar-refractivity contribution in [3.63, 3.8) is 0 Å². The monoisotopic (exact) mass is 183 g/mol. The van der Waals surface area contributed by atoms with Crippen LogP contribution in [0.3, 0.4) is 0 Å². The van der Waals surface area contributed by atoms with Crippen molar-refractivity contribution in [2.45, 2.75) is 6.92 Å². The van der Waals surface area contributed by atoms with Gasteiger partial charge in [0.25, 0.3) is 5.56 Å². The van der Waals surface area contributed by atoms with Gasteiger partial charge >= 0.3 is 0 Å². The van der Waals surface area contributed by atoms with E-state index in [0.717, 1.165) is 0 Å². The van der Waals surface area contributed by atoms with Crippen LogP contribution in [0.4, 0.5) is 0 Å². The molecule has 0 atom stereocenters. The minimum Gasteiger partial charge on any atom is -0.307 e. The third-order valence-corrected chi connectivity index (χ3v) is 1.89. The standard InChI is InChI=1S/C7H6ClN3O/c1-4-9-7(12)6-5(8)2-3-11(6)10-4/h2-3H,1H3,(H,9,10,12). The van der Waals surface area contributed by atoms with Crippen molar-refractivity contribution in [1.29, 1.82) is 0 Å². The highest BCUT2D eigenvalue weighted by Gasteiger charge is 2.04. The molecular formula is C7H6ClN3O. The van der Waals surface area contributed by atoms with Gasteiger partial charge in [0.15, 0.2) is 0 Å². The first-order valence-electron chi connectivity index (χ1n) is 3.42. The maximum Gasteiger partial charge on any atom is 0.276 e. The lowest BCUT2D eigenvalue weighted by atomic mass is 10.5. The molecule has 0 saturated heterocycles. The Kier molecular flexibility index (Phi) is 1.44. The molecule has 0 aliphatic carbocycles. The quantitative estimate of drug-likeness (QED) is 0.662. The second-order valence-electron chi connectivity index (χ2n) is 2.50. The predicted octanol–water partition coefficient (Wildman–Crippen LogP) is 0.984. The smallest absolute Gasteiger partial charge is 0.276 e. The van der Waals surface area contributed by atoms with Gasteiger partial charge in [0.05, 0.1) is 5.02 Å². The number of nitrogens with one attached hydrogen (secondary N) is 1. The predicted molar refractivity (Wildman–Crippen MR) is 45.6 cm³/mol. The molecule has 2 aromatic heterocycles. The zero-order chi connectivity index (χ0) is 8.72. The van der Waals surface area contributed by atoms with E-state index in [1.807, 2.05) is 0 Å². The molecule has 2 rings (SSSR count). The van der Waals surface area contributed by atoms with E-state index in [0.29, 0.717) is 16.4 Å². The van der Waals surface area contributed by atoms with Gasteiger partial charge in [-0.15, -0.1) is 0 Å². The molecule has 0 bridgehead atoms. The second kappa shape index (κ2) is 2.35. The number of fused-ring (bicyclic) bond motifs is 1. The van der Waals surface area contributed by atoms with Crippen LogP contribution in [0.2, 0.25) is 5.02 Å². The molecule has 0 spiro atoms. The number of aromatic nitrogens is 3. The molecule has 0 amide bonds. The molecule has 0 saturated carbocycles. The molecule has 0 aromatic carbocycles. The summed E-state index contributed by atoms with van der Waals surface area (Å²) in [6.45, 7) is 1.72. The first kappa shape index (κ1) is 7.36. The molecule has 4 nitrogen and oxygen atoms in total. The van der Waals surface area contributed by atoms with Crippen LogP contribution < -0.4 is 5.56 Å². The molecule has 5 heteroatoms. The average Bonchev–Trinajstić information content (AvgIpc) is 2.31. The van der Waals surface area contributed by atoms with Crippen molar-refractivity contribution >= 4 is 17.1 Å². The van der Waals surface area contributed by atoms with Crippen molar-refractivity contribution in [3.8, 4) is 0 Å². The molecule has 1 N–H and O–H groups in total. The van der Waals surface area contributed by atoms with Crippen LogP contribution in [0.15, 0.2) is 17.1 Å². The fourth-order valence-electron chi connectivity index (χ4n) is 1.10. The Bertz CT molecular complexity index is 485. The summed E-state index contributed by atoms with van der Waals surface area (Å²) in [7, 11) is 0. The Morgan fingerprint density at radius 3 is 3.17 bits per heavy atom. The molecule has 0 unspecified atom stereocenters. The number of halogens is 1. The highest BCUT2D eigenvalue weighted by atomic mass is 35.5. The van der Waals surface area contributed by atoms with E-state index in [-0.39, 0.29) is 5.56 Å². The van der Waals surface area contributed by atoms with Crippen LogP contribution in [-0.4, -0.2) is 14.6 Å². The molecule has 0 aliphatic heterocycles. The minimum absolute atomic E-state index is 0.211. The van der Waals surface area contributed by atoms with Gasteiger partial charge in [0.1, 0.15) is 11.3 Å². The van der Waals surface area contributed by atoms with Crippen LogP contribution in [0.25, 0.3) is 5.52 Å². The number of aromatic amines is 1. The Balaban J connectivity index is 3.03. The first-order chi connectivity index (χ1) is 5.68. The normalized spacial score (nSPS) is 10.8. The zero-order valence-electron chi connectivity index (χ0n) is 6.34. The van der Waals surface area contributed by atoms with E-state index in [1.54, 1.807) is 19.2 Å². The van der Waals surface area contributed by atoms with E-state index in [4.69, 9.17) is 11.6 Å². The number of aryl methyl sites for hydroxylation is 1. The summed E-state index contributed by atoms with van der Waals surface area (Å²) in [4.78, 5) is 13.8. The summed E-state index contributed by atoms with van der Waals surface area (Å²) in [6, 6.07) is 1.64. The molecular weight excluding hydrogens is 178 g/mol. The molecule has 2 heterocycles. The summed E-state index contributed by atoms with van der Waals surface area (Å²) in [6.07, 6.45) is 1.65. The average molecular weight is 184 g/mol. The Hall–Kier alpha value is -1.29. The summed E-state index contributed by atoms with van der Waals surface area (Å²) in [5.41, 5.74) is 0.180. The van der Waals surface area contributed by atoms with Gasteiger partial charge in [-0.2, -0.15) is 5.10 Å². The van der Waals surface area contributed by atoms with Crippen LogP contribution in [0.5, 0.6) is 0 Å². The minimum atomic E-state index is -0.211. The SMILES string of the molecule is Cc1nn2ccc(Cl)c2c(=O)[nH]1. The summed E-state index contributed by atoms with van der Waals surface area (Å²) >= 11 is 5.75. The van der Waals surface area contributed by atoms with Crippen LogP contribution in [-0.2, 0) is 0 Å². The van der Waals surface area contributed by atoms with Gasteiger partial charge in [-0.25, -0.2) is 4.52 Å². The van der Waals surface area contributed by atoms with Gasteiger partial charge in [-0.1, -0.05) is 11.6 Å². The summed E-state index contributed by atoms with van der Waals surface area (Å²) in [5, 5.41) is 4.45. The van der Waals surface area contributed by atoms with Gasteiger partial charge in [-0.05, 0) is 13.0 Å². The van der Waals surface area contributed by atoms with Crippen molar-refractivity contribution in [2.75, 3.05) is 0 Å². The molecule has 0 radical (unpaired) electrons. The van der Waals surface area contributed by atoms with E-state index in [1.165, 1.54) is 4.52 Å². The number of nitrogens with zero attached hydrogens (tertiary/aromatic N) is 2. The lowest BCUT2D eigenvalue weighted by Crippen LogP contribution is -2.13. The number of H-pyrrole nitrogens is 1. The zero-order valence-corrected chi connectivity index (χ0v) is 7.09. The van der Waals surface area contributed by atoms with Crippen LogP contribution >= 0.6 is 11.6 Å². The fraction of sp³-hybridized carbons (Fsp3) is 0.143. The fourth-order valence-corrected chi connectivity index (χ4v) is 1.33. The van der Waals surface area contributed by atoms with E-state index >= 15 is 0 Å². The molecule has 0 aliphatic rings. The maximum absolute atomic E-state index is 11.3. The van der Waals surface area contributed by atoms with Crippen molar-refractivity contribution in [3.05, 3.63) is 33.5 Å². The van der Waals surface area contributed by atoms with Crippen molar-refractivity contribution < 1.29 is 0 Å². The first-order valence-corrected chi connectivity index (χ1v) is 3.80. The highest BCUT2D eigenvalue weighted by molar-refractivity contribution is 6.33. The Labute approximate surface area is 72.8 Å². The highest BCUT2D eigenvalue weighted by Crippen LogP contribution is 2.12. The van der Waals surface area contributed by atoms with Crippen molar-refractivity contribution in [1.82, 2.24) is 14.6 Å². The summed E-state index contributed by atoms with van der Waals surface area (Å²) < 4.78 is 1.47. The Morgan fingerprint density at radius 2 is 2.42 bits per heavy atom. The third-order valence-electron chi connectivity index (χ3n) is 1.58. The van der Waals surface area contributed by atoms with Crippen LogP contribution in [0, 0.1) is 6.92 Å². The third kappa shape index (κ3) is 0.921. The Morgan fingerprint density at radius 1 is 1.67 bits per heavy atom. The van der Waals surface area contributed by atoms with E-state index < -0.39 is 0 Å². The largest absolute Gasteiger partial charge is 0.307 e. The lowest BCUT2D eigenvalue weighted by molar-refractivity contribution is 0.842. The number of hydrogen-bond donors (Lipinski definition) is 1. The van der Waals surface area contributed by atoms with Gasteiger partial charge in [-0.3, -0.25) is 4.79 Å². The molecule has 12 heavy (non-hydrogen) atoms. The number of hydrogen-bond acceptors (Lipinski definition) is 2. The van der Waals surface area contributed by atoms with Gasteiger partial charge < -0.3 is 4.98 Å². The summed E-state index contributed by atoms with van der Waals surface area (Å²) in [5.74, 6) is 0.569. The van der Waals surface area contributed by atoms with E-state index in [9.17, 15) is 4.79 Å². The number of rotatable bonds is 0. The van der Waals surface area contributed by atoms with Crippen molar-refractivity contribution in [2.24, 2.45) is 0 Å².